The van der Waals surface area contributed by atoms with Crippen LogP contribution < -0.4 is 4.74 Å². The van der Waals surface area contributed by atoms with Gasteiger partial charge in [-0.3, -0.25) is 9.59 Å². The number of rotatable bonds is 5. The third-order valence-electron chi connectivity index (χ3n) is 5.82. The van der Waals surface area contributed by atoms with Gasteiger partial charge in [0.2, 0.25) is 11.8 Å². The van der Waals surface area contributed by atoms with Crippen molar-refractivity contribution in [1.29, 1.82) is 0 Å². The van der Waals surface area contributed by atoms with Crippen molar-refractivity contribution >= 4 is 11.8 Å². The minimum Gasteiger partial charge on any atom is -0.497 e. The van der Waals surface area contributed by atoms with Gasteiger partial charge in [0, 0.05) is 20.1 Å². The molecule has 1 spiro atoms. The molecule has 2 bridgehead atoms. The van der Waals surface area contributed by atoms with Gasteiger partial charge in [-0.15, -0.1) is 0 Å². The number of likely N-dealkylation sites (tertiary alicyclic amines) is 1. The summed E-state index contributed by atoms with van der Waals surface area (Å²) >= 11 is 0. The lowest BCUT2D eigenvalue weighted by Crippen LogP contribution is -2.44. The van der Waals surface area contributed by atoms with Crippen LogP contribution in [0.25, 0.3) is 0 Å². The molecule has 26 heavy (non-hydrogen) atoms. The lowest BCUT2D eigenvalue weighted by Gasteiger charge is -2.27. The number of hydrogen-bond acceptors (Lipinski definition) is 4. The van der Waals surface area contributed by atoms with Gasteiger partial charge in [-0.2, -0.15) is 0 Å². The third-order valence-corrected chi connectivity index (χ3v) is 5.82. The maximum atomic E-state index is 13.2. The molecule has 2 fully saturated rings. The molecule has 6 heteroatoms. The molecule has 0 aliphatic carbocycles. The van der Waals surface area contributed by atoms with Crippen LogP contribution in [0.5, 0.6) is 5.75 Å². The Labute approximate surface area is 153 Å². The first kappa shape index (κ1) is 17.1. The second-order valence-electron chi connectivity index (χ2n) is 7.30. The fraction of sp³-hybridized carbons (Fsp3) is 0.500. The Balaban J connectivity index is 1.59. The Morgan fingerprint density at radius 1 is 1.46 bits per heavy atom. The number of carbonyl (C=O) groups excluding carboxylic acids is 2. The molecule has 3 aliphatic heterocycles. The predicted octanol–water partition coefficient (Wildman–Crippen LogP) is 1.46. The van der Waals surface area contributed by atoms with E-state index in [0.717, 1.165) is 11.3 Å². The van der Waals surface area contributed by atoms with Crippen LogP contribution in [-0.2, 0) is 20.9 Å². The molecule has 4 atom stereocenters. The van der Waals surface area contributed by atoms with Crippen LogP contribution in [0.15, 0.2) is 36.4 Å². The van der Waals surface area contributed by atoms with Crippen molar-refractivity contribution in [1.82, 2.24) is 9.80 Å². The van der Waals surface area contributed by atoms with Gasteiger partial charge in [-0.05, 0) is 24.6 Å². The van der Waals surface area contributed by atoms with E-state index in [1.807, 2.05) is 43.3 Å². The smallest absolute Gasteiger partial charge is 0.230 e. The number of amides is 2. The second kappa shape index (κ2) is 6.13. The van der Waals surface area contributed by atoms with Gasteiger partial charge in [-0.25, -0.2) is 0 Å². The highest BCUT2D eigenvalue weighted by Gasteiger charge is 2.66. The van der Waals surface area contributed by atoms with Crippen molar-refractivity contribution in [2.75, 3.05) is 27.2 Å². The zero-order valence-corrected chi connectivity index (χ0v) is 15.3. The van der Waals surface area contributed by atoms with Gasteiger partial charge in [-0.1, -0.05) is 24.3 Å². The molecule has 6 nitrogen and oxygen atoms in total. The summed E-state index contributed by atoms with van der Waals surface area (Å²) in [7, 11) is 3.40. The van der Waals surface area contributed by atoms with Crippen molar-refractivity contribution in [3.05, 3.63) is 42.0 Å². The summed E-state index contributed by atoms with van der Waals surface area (Å²) in [6.07, 6.45) is 3.65. The maximum Gasteiger partial charge on any atom is 0.230 e. The summed E-state index contributed by atoms with van der Waals surface area (Å²) in [4.78, 5) is 29.5. The van der Waals surface area contributed by atoms with Crippen molar-refractivity contribution in [3.63, 3.8) is 0 Å². The van der Waals surface area contributed by atoms with E-state index < -0.39 is 17.4 Å². The fourth-order valence-electron chi connectivity index (χ4n) is 4.40. The standard InChI is InChI=1S/C20H24N2O4/c1-4-21(2)18(23)16-15-8-9-20(26-15)12-22(19(24)17(16)20)11-13-6-5-7-14(10-13)25-3/h5-10,15-17H,4,11-12H2,1-3H3/t15-,16-,17+,20-/m0/s1. The van der Waals surface area contributed by atoms with Crippen molar-refractivity contribution in [2.45, 2.75) is 25.2 Å². The highest BCUT2D eigenvalue weighted by molar-refractivity contribution is 5.93. The molecule has 2 saturated heterocycles. The van der Waals surface area contributed by atoms with E-state index in [4.69, 9.17) is 9.47 Å². The second-order valence-corrected chi connectivity index (χ2v) is 7.30. The van der Waals surface area contributed by atoms with E-state index in [2.05, 4.69) is 0 Å². The minimum atomic E-state index is -0.657. The van der Waals surface area contributed by atoms with Gasteiger partial charge < -0.3 is 19.3 Å². The quantitative estimate of drug-likeness (QED) is 0.750. The Kier molecular flexibility index (Phi) is 4.03. The molecule has 3 aliphatic rings. The maximum absolute atomic E-state index is 13.2. The number of hydrogen-bond donors (Lipinski definition) is 0. The Hall–Kier alpha value is -2.34. The van der Waals surface area contributed by atoms with Crippen molar-refractivity contribution in [2.24, 2.45) is 11.8 Å². The molecule has 0 radical (unpaired) electrons. The van der Waals surface area contributed by atoms with E-state index in [-0.39, 0.29) is 17.9 Å². The molecule has 3 heterocycles. The highest BCUT2D eigenvalue weighted by Crippen LogP contribution is 2.52. The molecule has 0 unspecified atom stereocenters. The number of fused-ring (bicyclic) bond motifs is 1. The van der Waals surface area contributed by atoms with E-state index in [1.165, 1.54) is 0 Å². The largest absolute Gasteiger partial charge is 0.497 e. The lowest BCUT2D eigenvalue weighted by molar-refractivity contribution is -0.142. The Morgan fingerprint density at radius 2 is 2.27 bits per heavy atom. The number of benzene rings is 1. The molecule has 1 aromatic carbocycles. The first-order chi connectivity index (χ1) is 12.5. The summed E-state index contributed by atoms with van der Waals surface area (Å²) < 4.78 is 11.4. The van der Waals surface area contributed by atoms with E-state index in [9.17, 15) is 9.59 Å². The molecule has 0 aromatic heterocycles. The average Bonchev–Trinajstić information content (AvgIpc) is 3.29. The summed E-state index contributed by atoms with van der Waals surface area (Å²) in [5.74, 6) is -0.0904. The van der Waals surface area contributed by atoms with Gasteiger partial charge in [0.15, 0.2) is 0 Å². The molecule has 0 saturated carbocycles. The van der Waals surface area contributed by atoms with Crippen LogP contribution in [0.1, 0.15) is 12.5 Å². The molecule has 138 valence electrons. The van der Waals surface area contributed by atoms with Crippen LogP contribution in [0.3, 0.4) is 0 Å². The first-order valence-electron chi connectivity index (χ1n) is 9.03. The van der Waals surface area contributed by atoms with Crippen LogP contribution >= 0.6 is 0 Å². The molecule has 2 amide bonds. The summed E-state index contributed by atoms with van der Waals surface area (Å²) in [6.45, 7) is 3.53. The van der Waals surface area contributed by atoms with Crippen molar-refractivity contribution in [3.8, 4) is 5.75 Å². The predicted molar refractivity (Wildman–Crippen MR) is 95.4 cm³/mol. The van der Waals surface area contributed by atoms with Crippen molar-refractivity contribution < 1.29 is 19.1 Å². The van der Waals surface area contributed by atoms with E-state index in [0.29, 0.717) is 19.6 Å². The Bertz CT molecular complexity index is 777. The zero-order chi connectivity index (χ0) is 18.5. The first-order valence-corrected chi connectivity index (χ1v) is 9.03. The summed E-state index contributed by atoms with van der Waals surface area (Å²) in [5, 5.41) is 0. The van der Waals surface area contributed by atoms with Gasteiger partial charge in [0.05, 0.1) is 31.6 Å². The van der Waals surface area contributed by atoms with Gasteiger partial charge in [0.1, 0.15) is 11.4 Å². The summed E-state index contributed by atoms with van der Waals surface area (Å²) in [6, 6.07) is 7.70. The number of carbonyl (C=O) groups is 2. The lowest BCUT2D eigenvalue weighted by atomic mass is 9.76. The molecular weight excluding hydrogens is 332 g/mol. The Morgan fingerprint density at radius 3 is 3.00 bits per heavy atom. The summed E-state index contributed by atoms with van der Waals surface area (Å²) in [5.41, 5.74) is 0.344. The van der Waals surface area contributed by atoms with Gasteiger partial charge >= 0.3 is 0 Å². The van der Waals surface area contributed by atoms with Crippen LogP contribution in [0, 0.1) is 11.8 Å². The molecule has 1 aromatic rings. The molecule has 0 N–H and O–H groups in total. The van der Waals surface area contributed by atoms with Crippen LogP contribution in [0.4, 0.5) is 0 Å². The normalized spacial score (nSPS) is 31.4. The van der Waals surface area contributed by atoms with E-state index in [1.54, 1.807) is 24.0 Å². The highest BCUT2D eigenvalue weighted by atomic mass is 16.5. The van der Waals surface area contributed by atoms with Crippen LogP contribution in [-0.4, -0.2) is 60.6 Å². The average molecular weight is 356 g/mol. The topological polar surface area (TPSA) is 59.1 Å². The monoisotopic (exact) mass is 356 g/mol. The SMILES string of the molecule is CCN(C)C(=O)[C@H]1[C@@H]2C=C[C@@]3(CN(Cc4cccc(OC)c4)C(=O)[C@@H]13)O2. The van der Waals surface area contributed by atoms with Gasteiger partial charge in [0.25, 0.3) is 0 Å². The number of methoxy groups -OCH3 is 1. The van der Waals surface area contributed by atoms with Crippen LogP contribution in [0.2, 0.25) is 0 Å². The number of nitrogens with zero attached hydrogens (tertiary/aromatic N) is 2. The zero-order valence-electron chi connectivity index (χ0n) is 15.3. The number of ether oxygens (including phenoxy) is 2. The molecule has 4 rings (SSSR count). The van der Waals surface area contributed by atoms with E-state index >= 15 is 0 Å². The fourth-order valence-corrected chi connectivity index (χ4v) is 4.40. The minimum absolute atomic E-state index is 0.00234. The molecular formula is C20H24N2O4. The third kappa shape index (κ3) is 2.43.